The lowest BCUT2D eigenvalue weighted by atomic mass is 9.88. The van der Waals surface area contributed by atoms with Crippen molar-refractivity contribution in [1.82, 2.24) is 30.1 Å². The van der Waals surface area contributed by atoms with Crippen molar-refractivity contribution < 1.29 is 97.2 Å². The van der Waals surface area contributed by atoms with Gasteiger partial charge >= 0.3 is 5.97 Å². The maximum Gasteiger partial charge on any atom is 0.335 e. The van der Waals surface area contributed by atoms with Crippen LogP contribution in [-0.4, -0.2) is 250 Å². The van der Waals surface area contributed by atoms with Gasteiger partial charge in [-0.25, -0.2) is 9.48 Å². The van der Waals surface area contributed by atoms with E-state index in [9.17, 15) is 49.8 Å². The van der Waals surface area contributed by atoms with Crippen molar-refractivity contribution in [2.24, 2.45) is 23.3 Å². The fraction of sp³-hybridized carbons (Fsp3) is 0.833. The summed E-state index contributed by atoms with van der Waals surface area (Å²) < 4.78 is 58.1. The van der Waals surface area contributed by atoms with Crippen LogP contribution in [0.4, 0.5) is 0 Å². The Balaban J connectivity index is 0.929. The minimum atomic E-state index is -1.84. The monoisotopic (exact) mass is 1090 g/mol. The number of rotatable bonds is 31. The number of carbonyl (C=O) groups is 4. The smallest absolute Gasteiger partial charge is 0.335 e. The van der Waals surface area contributed by atoms with Gasteiger partial charge in [0.1, 0.15) is 36.2 Å². The number of amides is 3. The van der Waals surface area contributed by atoms with Gasteiger partial charge in [-0.05, 0) is 39.5 Å². The molecule has 5 aliphatic rings. The standard InChI is InChI=1S/C48H80N8O20/c1-6-31-34-35(32(7-2)74-31)44(64)56(43(34)63)13-17-68-15-11-54(33(58)9-8-25(3)51-10-14-67-18-20-70-46-29(49)22-30(57)26(4)72-46)23-28-24-55(53-52-28)12-16-69-19-21-71-48-40(62)39(61)41(42(76-48)45(65)66)75-47-36(50)38(60)37(59)27(5)73-47/h24,26-27,29-32,34-42,46-48,51,57,59-62H,3,6-23,49-50H2,1-2,4-5H3,(H,65,66)/t26?,27?,29?,30-,31-,32+,34+,35-,36?,37+,38+,39+,40?,41-,42?,46-,47+,48+/m0/s1. The zero-order chi connectivity index (χ0) is 55.2. The number of aliphatic hydroxyl groups excluding tert-OH is 5. The first-order valence-electron chi connectivity index (χ1n) is 26.2. The number of nitrogens with one attached hydrogen (secondary N) is 1. The summed E-state index contributed by atoms with van der Waals surface area (Å²) in [6.07, 6.45) is -12.5. The molecule has 11 N–H and O–H groups in total. The van der Waals surface area contributed by atoms with Gasteiger partial charge in [-0.2, -0.15) is 0 Å². The number of likely N-dealkylation sites (tertiary alicyclic amines) is 1. The molecule has 3 amide bonds. The highest BCUT2D eigenvalue weighted by Gasteiger charge is 2.58. The molecule has 432 valence electrons. The van der Waals surface area contributed by atoms with Gasteiger partial charge in [-0.1, -0.05) is 25.6 Å². The highest BCUT2D eigenvalue weighted by molar-refractivity contribution is 6.06. The number of fused-ring (bicyclic) bond motifs is 1. The van der Waals surface area contributed by atoms with Crippen molar-refractivity contribution in [1.29, 1.82) is 0 Å². The molecule has 6 heterocycles. The number of ether oxygens (including phenoxy) is 10. The summed E-state index contributed by atoms with van der Waals surface area (Å²) in [5, 5.41) is 73.3. The van der Waals surface area contributed by atoms with Crippen molar-refractivity contribution in [3.05, 3.63) is 24.2 Å². The van der Waals surface area contributed by atoms with Crippen LogP contribution in [0.3, 0.4) is 0 Å². The Morgan fingerprint density at radius 3 is 2.08 bits per heavy atom. The number of nitrogens with two attached hydrogens (primary N) is 2. The Morgan fingerprint density at radius 1 is 0.776 bits per heavy atom. The first kappa shape index (κ1) is 61.3. The van der Waals surface area contributed by atoms with Crippen LogP contribution < -0.4 is 16.8 Å². The average Bonchev–Trinajstić information content (AvgIpc) is 4.08. The number of imide groups is 1. The SMILES string of the molecule is C=C(CCC(=O)N(CCOCCN1C(=O)[C@@H]2[C@H](C1=O)[C@H](CC)O[C@@H]2CC)Cc1cn(CCOCCO[C@@H]2OC(C(=O)O)[C@@H](O[C@H]3OC(C)[C@@H](O)[C@H](O)C3N)[C@H](O)C2O)nn1)NCCOCCO[C@H]1OC(C)[C@@H](O)CC1N. The van der Waals surface area contributed by atoms with E-state index in [0.29, 0.717) is 56.8 Å². The van der Waals surface area contributed by atoms with Gasteiger partial charge in [0.25, 0.3) is 0 Å². The minimum Gasteiger partial charge on any atom is -0.479 e. The second-order valence-corrected chi connectivity index (χ2v) is 19.6. The molecule has 18 atom stereocenters. The van der Waals surface area contributed by atoms with E-state index < -0.39 is 97.6 Å². The van der Waals surface area contributed by atoms with E-state index in [4.69, 9.17) is 58.8 Å². The number of hydrogen-bond acceptors (Lipinski definition) is 24. The van der Waals surface area contributed by atoms with Gasteiger partial charge in [0, 0.05) is 25.2 Å². The third-order valence-corrected chi connectivity index (χ3v) is 14.2. The predicted molar refractivity (Wildman–Crippen MR) is 260 cm³/mol. The number of aliphatic hydroxyl groups is 5. The van der Waals surface area contributed by atoms with Crippen molar-refractivity contribution >= 4 is 23.7 Å². The fourth-order valence-corrected chi connectivity index (χ4v) is 9.72. The lowest BCUT2D eigenvalue weighted by molar-refractivity contribution is -0.337. The lowest BCUT2D eigenvalue weighted by Crippen LogP contribution is -2.66. The Bertz CT molecular complexity index is 2000. The third kappa shape index (κ3) is 15.9. The van der Waals surface area contributed by atoms with E-state index in [2.05, 4.69) is 22.2 Å². The van der Waals surface area contributed by atoms with Crippen LogP contribution in [0.5, 0.6) is 0 Å². The van der Waals surface area contributed by atoms with Crippen molar-refractivity contribution in [2.45, 2.75) is 171 Å². The predicted octanol–water partition coefficient (Wildman–Crippen LogP) is -3.70. The van der Waals surface area contributed by atoms with Crippen LogP contribution in [0.25, 0.3) is 0 Å². The van der Waals surface area contributed by atoms with E-state index in [1.165, 1.54) is 16.5 Å². The molecule has 0 radical (unpaired) electrons. The summed E-state index contributed by atoms with van der Waals surface area (Å²) in [4.78, 5) is 55.4. The first-order chi connectivity index (χ1) is 36.3. The number of hydrogen-bond donors (Lipinski definition) is 9. The van der Waals surface area contributed by atoms with Crippen LogP contribution in [0.1, 0.15) is 65.5 Å². The molecule has 0 aliphatic carbocycles. The van der Waals surface area contributed by atoms with Crippen LogP contribution in [0.15, 0.2) is 18.5 Å². The molecular weight excluding hydrogens is 1010 g/mol. The largest absolute Gasteiger partial charge is 0.479 e. The molecule has 1 aromatic heterocycles. The average molecular weight is 1090 g/mol. The third-order valence-electron chi connectivity index (χ3n) is 14.2. The first-order valence-corrected chi connectivity index (χ1v) is 26.2. The summed E-state index contributed by atoms with van der Waals surface area (Å²) in [6, 6.07) is -1.75. The Hall–Kier alpha value is -3.92. The maximum atomic E-state index is 13.7. The molecule has 5 fully saturated rings. The summed E-state index contributed by atoms with van der Waals surface area (Å²) in [5.74, 6) is -3.24. The number of allylic oxidation sites excluding steroid dienone is 1. The lowest BCUT2D eigenvalue weighted by Gasteiger charge is -2.45. The molecule has 6 rings (SSSR count). The maximum absolute atomic E-state index is 13.7. The number of carboxylic acids is 1. The highest BCUT2D eigenvalue weighted by Crippen LogP contribution is 2.42. The van der Waals surface area contributed by atoms with Gasteiger partial charge in [0.15, 0.2) is 25.0 Å². The summed E-state index contributed by atoms with van der Waals surface area (Å²) in [7, 11) is 0. The number of nitrogens with zero attached hydrogens (tertiary/aromatic N) is 5. The van der Waals surface area contributed by atoms with Gasteiger partial charge in [-0.15, -0.1) is 5.10 Å². The van der Waals surface area contributed by atoms with Crippen LogP contribution in [-0.2, 0) is 79.6 Å². The van der Waals surface area contributed by atoms with Gasteiger partial charge < -0.3 is 99.7 Å². The van der Waals surface area contributed by atoms with Crippen LogP contribution in [0, 0.1) is 11.8 Å². The minimum absolute atomic E-state index is 0.0400. The normalized spacial score (nSPS) is 34.6. The highest BCUT2D eigenvalue weighted by atomic mass is 16.7. The summed E-state index contributed by atoms with van der Waals surface area (Å²) in [6.45, 7) is 13.1. The van der Waals surface area contributed by atoms with E-state index in [1.807, 2.05) is 13.8 Å². The molecule has 28 heteroatoms. The molecule has 5 aliphatic heterocycles. The molecular formula is C48H80N8O20. The number of aliphatic carboxylic acids is 1. The van der Waals surface area contributed by atoms with E-state index in [-0.39, 0.29) is 108 Å². The number of carbonyl (C=O) groups excluding carboxylic acids is 3. The van der Waals surface area contributed by atoms with Crippen LogP contribution in [0.2, 0.25) is 0 Å². The molecule has 76 heavy (non-hydrogen) atoms. The van der Waals surface area contributed by atoms with Crippen molar-refractivity contribution in [3.8, 4) is 0 Å². The zero-order valence-electron chi connectivity index (χ0n) is 43.7. The van der Waals surface area contributed by atoms with Crippen molar-refractivity contribution in [3.63, 3.8) is 0 Å². The van der Waals surface area contributed by atoms with Gasteiger partial charge in [0.05, 0.1) is 133 Å². The topological polar surface area (TPSA) is 383 Å². The van der Waals surface area contributed by atoms with Crippen LogP contribution >= 0.6 is 0 Å². The second kappa shape index (κ2) is 29.3. The molecule has 1 aromatic rings. The Labute approximate surface area is 441 Å². The number of carboxylic acid groups (broad SMARTS) is 1. The second-order valence-electron chi connectivity index (χ2n) is 19.6. The van der Waals surface area contributed by atoms with E-state index in [0.717, 1.165) is 0 Å². The molecule has 6 unspecified atom stereocenters. The number of aromatic nitrogens is 3. The molecule has 5 saturated heterocycles. The molecule has 0 spiro atoms. The molecule has 0 bridgehead atoms. The van der Waals surface area contributed by atoms with Crippen molar-refractivity contribution in [2.75, 3.05) is 72.5 Å². The van der Waals surface area contributed by atoms with Gasteiger partial charge in [0.2, 0.25) is 17.7 Å². The summed E-state index contributed by atoms with van der Waals surface area (Å²) in [5.41, 5.74) is 13.1. The zero-order valence-corrected chi connectivity index (χ0v) is 43.7. The Morgan fingerprint density at radius 2 is 1.41 bits per heavy atom. The van der Waals surface area contributed by atoms with E-state index >= 15 is 0 Å². The molecule has 0 saturated carbocycles. The van der Waals surface area contributed by atoms with Gasteiger partial charge in [-0.3, -0.25) is 19.3 Å². The van der Waals surface area contributed by atoms with E-state index in [1.54, 1.807) is 18.0 Å². The molecule has 0 aromatic carbocycles. The quantitative estimate of drug-likeness (QED) is 0.0255. The Kier molecular flexibility index (Phi) is 23.7. The molecule has 28 nitrogen and oxygen atoms in total. The summed E-state index contributed by atoms with van der Waals surface area (Å²) >= 11 is 0. The fourth-order valence-electron chi connectivity index (χ4n) is 9.72.